The van der Waals surface area contributed by atoms with Gasteiger partial charge in [-0.3, -0.25) is 4.79 Å². The van der Waals surface area contributed by atoms with Crippen molar-refractivity contribution in [2.45, 2.75) is 17.1 Å². The van der Waals surface area contributed by atoms with E-state index in [0.717, 1.165) is 11.3 Å². The zero-order valence-corrected chi connectivity index (χ0v) is 15.0. The maximum atomic E-state index is 12.5. The Balaban J connectivity index is 1.50. The maximum absolute atomic E-state index is 12.5. The van der Waals surface area contributed by atoms with Crippen LogP contribution in [0.1, 0.15) is 12.8 Å². The summed E-state index contributed by atoms with van der Waals surface area (Å²) in [7, 11) is -3.51. The first kappa shape index (κ1) is 17.2. The van der Waals surface area contributed by atoms with E-state index >= 15 is 0 Å². The maximum Gasteiger partial charge on any atom is 0.252 e. The van der Waals surface area contributed by atoms with Crippen LogP contribution in [0.2, 0.25) is 4.34 Å². The van der Waals surface area contributed by atoms with Crippen LogP contribution in [-0.2, 0) is 19.6 Å². The smallest absolute Gasteiger partial charge is 0.252 e. The van der Waals surface area contributed by atoms with E-state index in [1.165, 1.54) is 23.2 Å². The number of halogens is 1. The number of nitrogens with zero attached hydrogens (tertiary/aromatic N) is 2. The van der Waals surface area contributed by atoms with E-state index in [1.54, 1.807) is 11.0 Å². The first-order chi connectivity index (χ1) is 11.0. The zero-order chi connectivity index (χ0) is 16.4. The van der Waals surface area contributed by atoms with Crippen molar-refractivity contribution in [1.29, 1.82) is 0 Å². The fraction of sp³-hybridized carbons (Fsp3) is 0.643. The predicted molar refractivity (Wildman–Crippen MR) is 88.2 cm³/mol. The number of carbonyl (C=O) groups is 1. The van der Waals surface area contributed by atoms with Gasteiger partial charge in [-0.25, -0.2) is 8.42 Å². The van der Waals surface area contributed by atoms with Gasteiger partial charge in [0.05, 0.1) is 10.9 Å². The molecule has 0 atom stereocenters. The molecule has 1 saturated carbocycles. The van der Waals surface area contributed by atoms with Crippen molar-refractivity contribution in [2.24, 2.45) is 5.92 Å². The fourth-order valence-corrected chi connectivity index (χ4v) is 5.49. The molecule has 2 aliphatic rings. The minimum Gasteiger partial charge on any atom is -0.371 e. The third kappa shape index (κ3) is 4.24. The highest BCUT2D eigenvalue weighted by Gasteiger charge is 2.31. The van der Waals surface area contributed by atoms with E-state index in [1.807, 2.05) is 0 Å². The largest absolute Gasteiger partial charge is 0.371 e. The average molecular weight is 379 g/mol. The lowest BCUT2D eigenvalue weighted by Gasteiger charge is -2.33. The second-order valence-corrected chi connectivity index (χ2v) is 9.68. The van der Waals surface area contributed by atoms with Gasteiger partial charge in [-0.2, -0.15) is 4.31 Å². The van der Waals surface area contributed by atoms with E-state index in [4.69, 9.17) is 16.3 Å². The van der Waals surface area contributed by atoms with Gasteiger partial charge in [0.15, 0.2) is 0 Å². The Morgan fingerprint density at radius 3 is 2.52 bits per heavy atom. The molecular formula is C14H19ClN2O4S2. The first-order valence-electron chi connectivity index (χ1n) is 7.58. The van der Waals surface area contributed by atoms with Crippen LogP contribution in [0.4, 0.5) is 0 Å². The Hall–Kier alpha value is -0.670. The molecule has 1 aromatic heterocycles. The first-order valence-corrected chi connectivity index (χ1v) is 10.2. The Bertz CT molecular complexity index is 664. The van der Waals surface area contributed by atoms with Crippen molar-refractivity contribution < 1.29 is 17.9 Å². The molecule has 1 aliphatic heterocycles. The molecule has 1 aromatic rings. The zero-order valence-electron chi connectivity index (χ0n) is 12.6. The van der Waals surface area contributed by atoms with Gasteiger partial charge >= 0.3 is 0 Å². The molecule has 0 spiro atoms. The summed E-state index contributed by atoms with van der Waals surface area (Å²) in [5.41, 5.74) is 0. The quantitative estimate of drug-likeness (QED) is 0.755. The van der Waals surface area contributed by atoms with E-state index in [2.05, 4.69) is 0 Å². The van der Waals surface area contributed by atoms with Gasteiger partial charge in [0.2, 0.25) is 5.91 Å². The number of thiophene rings is 1. The van der Waals surface area contributed by atoms with Gasteiger partial charge < -0.3 is 9.64 Å². The molecule has 2 fully saturated rings. The van der Waals surface area contributed by atoms with Crippen LogP contribution < -0.4 is 0 Å². The highest BCUT2D eigenvalue weighted by Crippen LogP contribution is 2.29. The van der Waals surface area contributed by atoms with Gasteiger partial charge in [-0.1, -0.05) is 11.6 Å². The molecule has 9 heteroatoms. The van der Waals surface area contributed by atoms with E-state index in [9.17, 15) is 13.2 Å². The van der Waals surface area contributed by atoms with E-state index in [-0.39, 0.29) is 16.7 Å². The van der Waals surface area contributed by atoms with Crippen LogP contribution in [0.5, 0.6) is 0 Å². The summed E-state index contributed by atoms with van der Waals surface area (Å²) in [5, 5.41) is 0. The lowest BCUT2D eigenvalue weighted by atomic mass is 10.3. The molecule has 0 bridgehead atoms. The van der Waals surface area contributed by atoms with Crippen molar-refractivity contribution in [3.05, 3.63) is 16.5 Å². The Labute approximate surface area is 145 Å². The number of hydrogen-bond acceptors (Lipinski definition) is 5. The molecule has 2 heterocycles. The van der Waals surface area contributed by atoms with Gasteiger partial charge in [0.1, 0.15) is 10.8 Å². The molecule has 0 radical (unpaired) electrons. The normalized spacial score (nSPS) is 20.0. The number of ether oxygens (including phenoxy) is 1. The molecule has 3 rings (SSSR count). The molecular weight excluding hydrogens is 360 g/mol. The summed E-state index contributed by atoms with van der Waals surface area (Å²) in [5.74, 6) is 0.560. The summed E-state index contributed by atoms with van der Waals surface area (Å²) in [6, 6.07) is 3.10. The molecule has 1 aliphatic carbocycles. The molecule has 0 aromatic carbocycles. The summed E-state index contributed by atoms with van der Waals surface area (Å²) in [6.45, 7) is 2.12. The van der Waals surface area contributed by atoms with Crippen molar-refractivity contribution in [3.63, 3.8) is 0 Å². The van der Waals surface area contributed by atoms with Gasteiger partial charge in [-0.05, 0) is 30.9 Å². The highest BCUT2D eigenvalue weighted by atomic mass is 35.5. The molecule has 128 valence electrons. The van der Waals surface area contributed by atoms with Crippen LogP contribution in [0.25, 0.3) is 0 Å². The molecule has 0 unspecified atom stereocenters. The van der Waals surface area contributed by atoms with Crippen LogP contribution in [-0.4, -0.2) is 62.9 Å². The monoisotopic (exact) mass is 378 g/mol. The fourth-order valence-electron chi connectivity index (χ4n) is 2.43. The lowest BCUT2D eigenvalue weighted by molar-refractivity contribution is -0.137. The third-order valence-corrected chi connectivity index (χ3v) is 7.61. The molecule has 1 amide bonds. The summed E-state index contributed by atoms with van der Waals surface area (Å²) in [6.07, 6.45) is 2.38. The van der Waals surface area contributed by atoms with Crippen LogP contribution in [0.15, 0.2) is 16.3 Å². The number of hydrogen-bond donors (Lipinski definition) is 0. The Morgan fingerprint density at radius 1 is 1.26 bits per heavy atom. The van der Waals surface area contributed by atoms with Crippen LogP contribution >= 0.6 is 22.9 Å². The summed E-state index contributed by atoms with van der Waals surface area (Å²) in [4.78, 5) is 13.7. The number of carbonyl (C=O) groups excluding carboxylic acids is 1. The minimum absolute atomic E-state index is 0.0677. The summed E-state index contributed by atoms with van der Waals surface area (Å²) >= 11 is 6.86. The summed E-state index contributed by atoms with van der Waals surface area (Å²) < 4.78 is 32.5. The van der Waals surface area contributed by atoms with Crippen LogP contribution in [0, 0.1) is 5.92 Å². The van der Waals surface area contributed by atoms with Crippen molar-refractivity contribution in [3.8, 4) is 0 Å². The second kappa shape index (κ2) is 7.06. The minimum atomic E-state index is -3.51. The van der Waals surface area contributed by atoms with Gasteiger partial charge in [0, 0.05) is 26.2 Å². The molecule has 0 N–H and O–H groups in total. The van der Waals surface area contributed by atoms with Crippen molar-refractivity contribution in [1.82, 2.24) is 9.21 Å². The topological polar surface area (TPSA) is 66.9 Å². The van der Waals surface area contributed by atoms with E-state index in [0.29, 0.717) is 43.0 Å². The molecule has 6 nitrogen and oxygen atoms in total. The Morgan fingerprint density at radius 2 is 1.96 bits per heavy atom. The SMILES string of the molecule is O=C(COCC1CC1)N1CCN(S(=O)(=O)c2ccc(Cl)s2)CC1. The van der Waals surface area contributed by atoms with E-state index < -0.39 is 10.0 Å². The predicted octanol–water partition coefficient (Wildman–Crippen LogP) is 1.66. The number of piperazine rings is 1. The van der Waals surface area contributed by atoms with Gasteiger partial charge in [-0.15, -0.1) is 11.3 Å². The number of rotatable bonds is 6. The number of sulfonamides is 1. The third-order valence-electron chi connectivity index (χ3n) is 4.01. The highest BCUT2D eigenvalue weighted by molar-refractivity contribution is 7.91. The Kier molecular flexibility index (Phi) is 5.27. The van der Waals surface area contributed by atoms with Crippen LogP contribution in [0.3, 0.4) is 0 Å². The van der Waals surface area contributed by atoms with Crippen molar-refractivity contribution >= 4 is 38.9 Å². The average Bonchev–Trinajstić information content (AvgIpc) is 3.25. The van der Waals surface area contributed by atoms with Crippen molar-refractivity contribution in [2.75, 3.05) is 39.4 Å². The molecule has 23 heavy (non-hydrogen) atoms. The second-order valence-electron chi connectivity index (χ2n) is 5.80. The molecule has 1 saturated heterocycles. The number of amides is 1. The van der Waals surface area contributed by atoms with Gasteiger partial charge in [0.25, 0.3) is 10.0 Å². The standard InChI is InChI=1S/C14H19ClN2O4S2/c15-12-3-4-14(22-12)23(19,20)17-7-5-16(6-8-17)13(18)10-21-9-11-1-2-11/h3-4,11H,1-2,5-10H2. The lowest BCUT2D eigenvalue weighted by Crippen LogP contribution is -2.51.